The van der Waals surface area contributed by atoms with Crippen LogP contribution in [-0.4, -0.2) is 33.5 Å². The number of aromatic nitrogens is 2. The molecule has 10 heteroatoms. The number of hydrogen-bond donors (Lipinski definition) is 0. The Labute approximate surface area is 150 Å². The van der Waals surface area contributed by atoms with Crippen molar-refractivity contribution in [2.45, 2.75) is 19.0 Å². The fraction of sp³-hybridized carbons (Fsp3) is 0.235. The number of aryl methyl sites for hydroxylation is 1. The SMILES string of the molecule is Cc1c(C=C2C(=O)N(c3ccccc3)N=C2C(F)(F)C(F)(F)F)cnn1C. The molecule has 0 unspecified atom stereocenters. The van der Waals surface area contributed by atoms with Crippen LogP contribution in [0.2, 0.25) is 0 Å². The molecule has 1 aromatic carbocycles. The molecule has 0 aliphatic carbocycles. The lowest BCUT2D eigenvalue weighted by molar-refractivity contribution is -0.248. The van der Waals surface area contributed by atoms with Gasteiger partial charge >= 0.3 is 12.1 Å². The molecule has 1 aliphatic rings. The number of rotatable bonds is 3. The molecule has 142 valence electrons. The molecule has 0 bridgehead atoms. The van der Waals surface area contributed by atoms with Crippen LogP contribution in [0.5, 0.6) is 0 Å². The van der Waals surface area contributed by atoms with E-state index in [1.807, 2.05) is 0 Å². The van der Waals surface area contributed by atoms with Crippen LogP contribution in [-0.2, 0) is 11.8 Å². The van der Waals surface area contributed by atoms with Gasteiger partial charge in [0.1, 0.15) is 0 Å². The molecular formula is C17H13F5N4O. The smallest absolute Gasteiger partial charge is 0.272 e. The highest BCUT2D eigenvalue weighted by molar-refractivity contribution is 6.34. The van der Waals surface area contributed by atoms with Crippen LogP contribution in [0.1, 0.15) is 11.3 Å². The minimum atomic E-state index is -5.90. The topological polar surface area (TPSA) is 50.5 Å². The standard InChI is InChI=1S/C17H13F5N4O/c1-10-11(9-23-25(10)2)8-13-14(16(18,19)17(20,21)22)24-26(15(13)27)12-6-4-3-5-7-12/h3-9H,1-2H3. The average molecular weight is 384 g/mol. The van der Waals surface area contributed by atoms with Crippen molar-refractivity contribution < 1.29 is 26.7 Å². The second-order valence-electron chi connectivity index (χ2n) is 5.84. The van der Waals surface area contributed by atoms with E-state index in [1.54, 1.807) is 20.0 Å². The third-order valence-corrected chi connectivity index (χ3v) is 4.11. The van der Waals surface area contributed by atoms with Crippen LogP contribution < -0.4 is 5.01 Å². The zero-order valence-electron chi connectivity index (χ0n) is 14.1. The minimum Gasteiger partial charge on any atom is -0.272 e. The van der Waals surface area contributed by atoms with Crippen molar-refractivity contribution in [2.24, 2.45) is 12.1 Å². The van der Waals surface area contributed by atoms with E-state index in [0.717, 1.165) is 6.08 Å². The number of halogens is 5. The van der Waals surface area contributed by atoms with E-state index in [-0.39, 0.29) is 11.3 Å². The third kappa shape index (κ3) is 3.11. The average Bonchev–Trinajstić information content (AvgIpc) is 3.10. The zero-order valence-corrected chi connectivity index (χ0v) is 14.1. The molecule has 1 aliphatic heterocycles. The molecule has 0 atom stereocenters. The van der Waals surface area contributed by atoms with E-state index < -0.39 is 29.3 Å². The number of alkyl halides is 5. The normalized spacial score (nSPS) is 17.0. The first-order chi connectivity index (χ1) is 12.5. The quantitative estimate of drug-likeness (QED) is 0.598. The van der Waals surface area contributed by atoms with E-state index in [0.29, 0.717) is 10.7 Å². The fourth-order valence-corrected chi connectivity index (χ4v) is 2.47. The van der Waals surface area contributed by atoms with Gasteiger partial charge in [-0.25, -0.2) is 0 Å². The van der Waals surface area contributed by atoms with Crippen molar-refractivity contribution in [3.63, 3.8) is 0 Å². The number of anilines is 1. The maximum absolute atomic E-state index is 14.1. The first-order valence-corrected chi connectivity index (χ1v) is 7.68. The highest BCUT2D eigenvalue weighted by Crippen LogP contribution is 2.41. The Morgan fingerprint density at radius 1 is 1.07 bits per heavy atom. The molecule has 2 heterocycles. The van der Waals surface area contributed by atoms with Gasteiger partial charge in [0.15, 0.2) is 5.71 Å². The molecule has 0 radical (unpaired) electrons. The van der Waals surface area contributed by atoms with E-state index in [1.165, 1.54) is 35.1 Å². The van der Waals surface area contributed by atoms with E-state index in [2.05, 4.69) is 10.2 Å². The van der Waals surface area contributed by atoms with Gasteiger partial charge in [0, 0.05) is 18.3 Å². The number of carbonyl (C=O) groups is 1. The lowest BCUT2D eigenvalue weighted by Gasteiger charge is -2.19. The summed E-state index contributed by atoms with van der Waals surface area (Å²) in [6.07, 6.45) is -3.68. The Morgan fingerprint density at radius 2 is 1.70 bits per heavy atom. The number of carbonyl (C=O) groups excluding carboxylic acids is 1. The second kappa shape index (κ2) is 6.29. The summed E-state index contributed by atoms with van der Waals surface area (Å²) in [6.45, 7) is 1.59. The van der Waals surface area contributed by atoms with Crippen LogP contribution >= 0.6 is 0 Å². The van der Waals surface area contributed by atoms with Crippen molar-refractivity contribution in [3.8, 4) is 0 Å². The Kier molecular flexibility index (Phi) is 4.37. The fourth-order valence-electron chi connectivity index (χ4n) is 2.47. The molecule has 0 N–H and O–H groups in total. The highest BCUT2D eigenvalue weighted by atomic mass is 19.4. The molecule has 1 amide bonds. The largest absolute Gasteiger partial charge is 0.459 e. The molecule has 0 saturated carbocycles. The van der Waals surface area contributed by atoms with Crippen molar-refractivity contribution in [2.75, 3.05) is 5.01 Å². The Morgan fingerprint density at radius 3 is 2.22 bits per heavy atom. The minimum absolute atomic E-state index is 0.0734. The predicted molar refractivity (Wildman–Crippen MR) is 88.3 cm³/mol. The third-order valence-electron chi connectivity index (χ3n) is 4.11. The summed E-state index contributed by atoms with van der Waals surface area (Å²) < 4.78 is 68.3. The maximum Gasteiger partial charge on any atom is 0.459 e. The van der Waals surface area contributed by atoms with Gasteiger partial charge in [-0.2, -0.15) is 37.2 Å². The molecule has 0 fully saturated rings. The summed E-state index contributed by atoms with van der Waals surface area (Å²) in [5.74, 6) is -6.38. The van der Waals surface area contributed by atoms with Gasteiger partial charge in [-0.05, 0) is 25.1 Å². The van der Waals surface area contributed by atoms with Gasteiger partial charge < -0.3 is 0 Å². The summed E-state index contributed by atoms with van der Waals surface area (Å²) in [7, 11) is 1.57. The first-order valence-electron chi connectivity index (χ1n) is 7.68. The van der Waals surface area contributed by atoms with Gasteiger partial charge in [-0.15, -0.1) is 0 Å². The van der Waals surface area contributed by atoms with E-state index in [9.17, 15) is 26.7 Å². The van der Waals surface area contributed by atoms with E-state index >= 15 is 0 Å². The molecule has 1 aromatic heterocycles. The number of nitrogens with zero attached hydrogens (tertiary/aromatic N) is 4. The van der Waals surface area contributed by atoms with Crippen LogP contribution in [0.3, 0.4) is 0 Å². The summed E-state index contributed by atoms with van der Waals surface area (Å²) in [5, 5.41) is 7.75. The summed E-state index contributed by atoms with van der Waals surface area (Å²) in [6, 6.07) is 7.38. The summed E-state index contributed by atoms with van der Waals surface area (Å²) >= 11 is 0. The Hall–Kier alpha value is -3.04. The maximum atomic E-state index is 14.1. The lowest BCUT2D eigenvalue weighted by atomic mass is 10.0. The molecular weight excluding hydrogens is 371 g/mol. The van der Waals surface area contributed by atoms with Crippen LogP contribution in [0.15, 0.2) is 47.2 Å². The van der Waals surface area contributed by atoms with Crippen LogP contribution in [0, 0.1) is 6.92 Å². The number of hydrogen-bond acceptors (Lipinski definition) is 3. The summed E-state index contributed by atoms with van der Waals surface area (Å²) in [5.41, 5.74) is -1.68. The van der Waals surface area contributed by atoms with E-state index in [4.69, 9.17) is 0 Å². The molecule has 0 saturated heterocycles. The van der Waals surface area contributed by atoms with Gasteiger partial charge in [-0.1, -0.05) is 18.2 Å². The number of para-hydroxylation sites is 1. The highest BCUT2D eigenvalue weighted by Gasteiger charge is 2.64. The van der Waals surface area contributed by atoms with Gasteiger partial charge in [-0.3, -0.25) is 9.48 Å². The molecule has 5 nitrogen and oxygen atoms in total. The van der Waals surface area contributed by atoms with Crippen molar-refractivity contribution >= 4 is 23.4 Å². The van der Waals surface area contributed by atoms with Crippen LogP contribution in [0.4, 0.5) is 27.6 Å². The number of amides is 1. The van der Waals surface area contributed by atoms with Crippen molar-refractivity contribution in [3.05, 3.63) is 53.4 Å². The first kappa shape index (κ1) is 18.7. The van der Waals surface area contributed by atoms with Gasteiger partial charge in [0.05, 0.1) is 17.5 Å². The number of benzene rings is 1. The molecule has 2 aromatic rings. The Balaban J connectivity index is 2.17. The van der Waals surface area contributed by atoms with Gasteiger partial charge in [0.25, 0.3) is 5.91 Å². The van der Waals surface area contributed by atoms with Gasteiger partial charge in [0.2, 0.25) is 0 Å². The van der Waals surface area contributed by atoms with Crippen LogP contribution in [0.25, 0.3) is 6.08 Å². The lowest BCUT2D eigenvalue weighted by Crippen LogP contribution is -2.44. The molecule has 0 spiro atoms. The zero-order chi connectivity index (χ0) is 20.0. The molecule has 3 rings (SSSR count). The second-order valence-corrected chi connectivity index (χ2v) is 5.84. The van der Waals surface area contributed by atoms with Crippen molar-refractivity contribution in [1.82, 2.24) is 9.78 Å². The molecule has 27 heavy (non-hydrogen) atoms. The monoisotopic (exact) mass is 384 g/mol. The number of hydrazone groups is 1. The van der Waals surface area contributed by atoms with Crippen molar-refractivity contribution in [1.29, 1.82) is 0 Å². The Bertz CT molecular complexity index is 944. The predicted octanol–water partition coefficient (Wildman–Crippen LogP) is 3.71. The summed E-state index contributed by atoms with van der Waals surface area (Å²) in [4.78, 5) is 12.6.